The maximum atomic E-state index is 4.17. The smallest absolute Gasteiger partial charge is 0.190 e. The van der Waals surface area contributed by atoms with Crippen molar-refractivity contribution < 1.29 is 0 Å². The summed E-state index contributed by atoms with van der Waals surface area (Å²) in [6.45, 7) is 6.13. The molecule has 0 fully saturated rings. The first-order chi connectivity index (χ1) is 8.26. The van der Waals surface area contributed by atoms with E-state index >= 15 is 0 Å². The molecule has 0 aromatic heterocycles. The Morgan fingerprint density at radius 2 is 1.72 bits per heavy atom. The van der Waals surface area contributed by atoms with Gasteiger partial charge < -0.3 is 10.6 Å². The van der Waals surface area contributed by atoms with E-state index in [-0.39, 0.29) is 24.0 Å². The number of hydrogen-bond donors (Lipinski definition) is 2. The van der Waals surface area contributed by atoms with Crippen LogP contribution in [0.25, 0.3) is 0 Å². The summed E-state index contributed by atoms with van der Waals surface area (Å²) in [4.78, 5) is 4.17. The second kappa shape index (κ2) is 10.2. The van der Waals surface area contributed by atoms with Gasteiger partial charge in [0.2, 0.25) is 0 Å². The zero-order valence-electron chi connectivity index (χ0n) is 11.5. The van der Waals surface area contributed by atoms with E-state index in [9.17, 15) is 0 Å². The van der Waals surface area contributed by atoms with Crippen molar-refractivity contribution in [3.05, 3.63) is 35.4 Å². The molecule has 0 aliphatic carbocycles. The monoisotopic (exact) mass is 361 g/mol. The summed E-state index contributed by atoms with van der Waals surface area (Å²) in [5.74, 6) is 0.888. The molecule has 0 atom stereocenters. The lowest BCUT2D eigenvalue weighted by atomic mass is 10.1. The van der Waals surface area contributed by atoms with Crippen LogP contribution in [0.1, 0.15) is 24.5 Å². The Labute approximate surface area is 127 Å². The Morgan fingerprint density at radius 1 is 1.11 bits per heavy atom. The Kier molecular flexibility index (Phi) is 9.73. The average molecular weight is 361 g/mol. The third-order valence-electron chi connectivity index (χ3n) is 2.59. The van der Waals surface area contributed by atoms with Gasteiger partial charge in [-0.25, -0.2) is 0 Å². The third kappa shape index (κ3) is 6.83. The number of halogens is 1. The summed E-state index contributed by atoms with van der Waals surface area (Å²) in [7, 11) is 1.80. The molecule has 0 aliphatic rings. The molecule has 1 aromatic rings. The standard InChI is InChI=1S/C14H23N3.HI/c1-4-10-16-14(15-3)17-11-9-13-7-5-12(2)6-8-13;/h5-8H,4,9-11H2,1-3H3,(H2,15,16,17);1H. The maximum Gasteiger partial charge on any atom is 0.190 e. The number of aliphatic imine (C=N–C) groups is 1. The summed E-state index contributed by atoms with van der Waals surface area (Å²) in [5.41, 5.74) is 2.66. The largest absolute Gasteiger partial charge is 0.356 e. The quantitative estimate of drug-likeness (QED) is 0.481. The van der Waals surface area contributed by atoms with Gasteiger partial charge in [0.05, 0.1) is 0 Å². The van der Waals surface area contributed by atoms with Crippen molar-refractivity contribution in [1.29, 1.82) is 0 Å². The number of hydrogen-bond acceptors (Lipinski definition) is 1. The summed E-state index contributed by atoms with van der Waals surface area (Å²) in [6.07, 6.45) is 2.13. The molecule has 102 valence electrons. The predicted molar refractivity (Wildman–Crippen MR) is 90.0 cm³/mol. The van der Waals surface area contributed by atoms with Gasteiger partial charge in [0, 0.05) is 20.1 Å². The highest BCUT2D eigenvalue weighted by Crippen LogP contribution is 2.02. The van der Waals surface area contributed by atoms with Crippen molar-refractivity contribution in [2.45, 2.75) is 26.7 Å². The van der Waals surface area contributed by atoms with Crippen LogP contribution in [0.4, 0.5) is 0 Å². The molecule has 0 unspecified atom stereocenters. The van der Waals surface area contributed by atoms with E-state index in [2.05, 4.69) is 53.7 Å². The van der Waals surface area contributed by atoms with Crippen LogP contribution in [0, 0.1) is 6.92 Å². The minimum Gasteiger partial charge on any atom is -0.356 e. The first-order valence-corrected chi connectivity index (χ1v) is 6.26. The van der Waals surface area contributed by atoms with Gasteiger partial charge in [-0.15, -0.1) is 24.0 Å². The lowest BCUT2D eigenvalue weighted by molar-refractivity contribution is 0.773. The number of benzene rings is 1. The second-order valence-corrected chi connectivity index (χ2v) is 4.16. The topological polar surface area (TPSA) is 36.4 Å². The molecule has 0 bridgehead atoms. The average Bonchev–Trinajstić information content (AvgIpc) is 2.36. The predicted octanol–water partition coefficient (Wildman–Crippen LogP) is 2.73. The van der Waals surface area contributed by atoms with Crippen molar-refractivity contribution in [1.82, 2.24) is 10.6 Å². The van der Waals surface area contributed by atoms with E-state index in [1.165, 1.54) is 11.1 Å². The fourth-order valence-corrected chi connectivity index (χ4v) is 1.54. The molecule has 0 aliphatic heterocycles. The second-order valence-electron chi connectivity index (χ2n) is 4.16. The molecular formula is C14H24IN3. The molecule has 0 saturated heterocycles. The molecule has 18 heavy (non-hydrogen) atoms. The highest BCUT2D eigenvalue weighted by molar-refractivity contribution is 14.0. The van der Waals surface area contributed by atoms with Gasteiger partial charge in [0.15, 0.2) is 5.96 Å². The van der Waals surface area contributed by atoms with E-state index in [0.29, 0.717) is 0 Å². The molecule has 1 rings (SSSR count). The Balaban J connectivity index is 0.00000289. The molecule has 0 amide bonds. The van der Waals surface area contributed by atoms with Crippen LogP contribution in [0.2, 0.25) is 0 Å². The van der Waals surface area contributed by atoms with E-state index in [0.717, 1.165) is 31.9 Å². The van der Waals surface area contributed by atoms with Gasteiger partial charge >= 0.3 is 0 Å². The van der Waals surface area contributed by atoms with Crippen LogP contribution in [0.15, 0.2) is 29.3 Å². The highest BCUT2D eigenvalue weighted by atomic mass is 127. The van der Waals surface area contributed by atoms with Crippen LogP contribution in [-0.2, 0) is 6.42 Å². The molecule has 2 N–H and O–H groups in total. The number of nitrogens with zero attached hydrogens (tertiary/aromatic N) is 1. The van der Waals surface area contributed by atoms with E-state index < -0.39 is 0 Å². The zero-order chi connectivity index (χ0) is 12.5. The van der Waals surface area contributed by atoms with Crippen molar-refractivity contribution in [2.75, 3.05) is 20.1 Å². The number of guanidine groups is 1. The first kappa shape index (κ1) is 17.2. The van der Waals surface area contributed by atoms with E-state index in [1.54, 1.807) is 7.05 Å². The molecular weight excluding hydrogens is 337 g/mol. The minimum atomic E-state index is 0. The SMILES string of the molecule is CCCNC(=NC)NCCc1ccc(C)cc1.I. The van der Waals surface area contributed by atoms with Crippen molar-refractivity contribution in [3.8, 4) is 0 Å². The van der Waals surface area contributed by atoms with Gasteiger partial charge in [-0.3, -0.25) is 4.99 Å². The molecule has 4 heteroatoms. The van der Waals surface area contributed by atoms with Gasteiger partial charge in [0.25, 0.3) is 0 Å². The summed E-state index contributed by atoms with van der Waals surface area (Å²) in [5, 5.41) is 6.56. The molecule has 0 spiro atoms. The van der Waals surface area contributed by atoms with E-state index in [4.69, 9.17) is 0 Å². The van der Waals surface area contributed by atoms with Gasteiger partial charge in [-0.2, -0.15) is 0 Å². The molecule has 0 heterocycles. The third-order valence-corrected chi connectivity index (χ3v) is 2.59. The summed E-state index contributed by atoms with van der Waals surface area (Å²) < 4.78 is 0. The van der Waals surface area contributed by atoms with Crippen molar-refractivity contribution >= 4 is 29.9 Å². The highest BCUT2D eigenvalue weighted by Gasteiger charge is 1.96. The minimum absolute atomic E-state index is 0. The lowest BCUT2D eigenvalue weighted by Gasteiger charge is -2.11. The Hall–Kier alpha value is -0.780. The fourth-order valence-electron chi connectivity index (χ4n) is 1.54. The number of aryl methyl sites for hydroxylation is 1. The molecule has 3 nitrogen and oxygen atoms in total. The molecule has 0 saturated carbocycles. The number of nitrogens with one attached hydrogen (secondary N) is 2. The van der Waals surface area contributed by atoms with Crippen LogP contribution in [0.3, 0.4) is 0 Å². The van der Waals surface area contributed by atoms with Crippen LogP contribution < -0.4 is 10.6 Å². The fraction of sp³-hybridized carbons (Fsp3) is 0.500. The van der Waals surface area contributed by atoms with Crippen LogP contribution in [0.5, 0.6) is 0 Å². The zero-order valence-corrected chi connectivity index (χ0v) is 13.8. The Morgan fingerprint density at radius 3 is 2.28 bits per heavy atom. The summed E-state index contributed by atoms with van der Waals surface area (Å²) in [6, 6.07) is 8.66. The van der Waals surface area contributed by atoms with Gasteiger partial charge in [-0.05, 0) is 25.3 Å². The first-order valence-electron chi connectivity index (χ1n) is 6.26. The van der Waals surface area contributed by atoms with Crippen LogP contribution >= 0.6 is 24.0 Å². The Bertz CT molecular complexity index is 347. The summed E-state index contributed by atoms with van der Waals surface area (Å²) >= 11 is 0. The maximum absolute atomic E-state index is 4.17. The van der Waals surface area contributed by atoms with Gasteiger partial charge in [0.1, 0.15) is 0 Å². The van der Waals surface area contributed by atoms with Crippen molar-refractivity contribution in [2.24, 2.45) is 4.99 Å². The van der Waals surface area contributed by atoms with Crippen LogP contribution in [-0.4, -0.2) is 26.1 Å². The van der Waals surface area contributed by atoms with Gasteiger partial charge in [-0.1, -0.05) is 36.8 Å². The normalized spacial score (nSPS) is 10.7. The molecule has 1 aromatic carbocycles. The molecule has 0 radical (unpaired) electrons. The number of rotatable bonds is 5. The van der Waals surface area contributed by atoms with E-state index in [1.807, 2.05) is 0 Å². The van der Waals surface area contributed by atoms with Crippen molar-refractivity contribution in [3.63, 3.8) is 0 Å². The lowest BCUT2D eigenvalue weighted by Crippen LogP contribution is -2.38.